The largest absolute Gasteiger partial charge is 0.476 e. The highest BCUT2D eigenvalue weighted by atomic mass is 16.5. The zero-order chi connectivity index (χ0) is 14.1. The third kappa shape index (κ3) is 4.93. The predicted molar refractivity (Wildman–Crippen MR) is 79.5 cm³/mol. The summed E-state index contributed by atoms with van der Waals surface area (Å²) in [4.78, 5) is 8.27. The van der Waals surface area contributed by atoms with Crippen LogP contribution in [0.3, 0.4) is 0 Å². The molecule has 0 radical (unpaired) electrons. The van der Waals surface area contributed by atoms with Crippen LogP contribution in [0.15, 0.2) is 6.33 Å². The first kappa shape index (κ1) is 15.5. The molecule has 0 bridgehead atoms. The van der Waals surface area contributed by atoms with Crippen molar-refractivity contribution in [1.29, 1.82) is 0 Å². The van der Waals surface area contributed by atoms with Crippen LogP contribution in [0.1, 0.15) is 52.9 Å². The van der Waals surface area contributed by atoms with Crippen molar-refractivity contribution in [3.8, 4) is 5.88 Å². The van der Waals surface area contributed by atoms with Crippen LogP contribution in [0.2, 0.25) is 0 Å². The monoisotopic (exact) mass is 266 g/mol. The zero-order valence-electron chi connectivity index (χ0n) is 12.3. The van der Waals surface area contributed by atoms with Crippen molar-refractivity contribution in [2.24, 2.45) is 0 Å². The fourth-order valence-electron chi connectivity index (χ4n) is 2.03. The first-order valence-electron chi connectivity index (χ1n) is 7.22. The van der Waals surface area contributed by atoms with Crippen LogP contribution in [0.4, 0.5) is 11.5 Å². The zero-order valence-corrected chi connectivity index (χ0v) is 12.3. The Labute approximate surface area is 116 Å². The SMILES string of the molecule is CCCCC(CCC)Nc1ncnc(OCC)c1N. The highest BCUT2D eigenvalue weighted by Crippen LogP contribution is 2.26. The molecular formula is C14H26N4O. The average molecular weight is 266 g/mol. The number of ether oxygens (including phenoxy) is 1. The maximum atomic E-state index is 6.03. The molecule has 0 aliphatic rings. The lowest BCUT2D eigenvalue weighted by atomic mass is 10.1. The van der Waals surface area contributed by atoms with Crippen LogP contribution >= 0.6 is 0 Å². The van der Waals surface area contributed by atoms with E-state index in [9.17, 15) is 0 Å². The standard InChI is InChI=1S/C14H26N4O/c1-4-7-9-11(8-5-2)18-13-12(15)14(19-6-3)17-10-16-13/h10-11H,4-9,15H2,1-3H3,(H,16,17,18). The van der Waals surface area contributed by atoms with Gasteiger partial charge in [0.2, 0.25) is 5.88 Å². The smallest absolute Gasteiger partial charge is 0.242 e. The number of hydrogen-bond donors (Lipinski definition) is 2. The van der Waals surface area contributed by atoms with Crippen LogP contribution in [0.25, 0.3) is 0 Å². The summed E-state index contributed by atoms with van der Waals surface area (Å²) in [6.07, 6.45) is 7.30. The van der Waals surface area contributed by atoms with Gasteiger partial charge in [0.25, 0.3) is 0 Å². The highest BCUT2D eigenvalue weighted by molar-refractivity contribution is 5.66. The van der Waals surface area contributed by atoms with Gasteiger partial charge in [0, 0.05) is 6.04 Å². The molecule has 1 aromatic rings. The summed E-state index contributed by atoms with van der Waals surface area (Å²) in [5.74, 6) is 1.15. The van der Waals surface area contributed by atoms with E-state index in [1.807, 2.05) is 6.92 Å². The molecular weight excluding hydrogens is 240 g/mol. The molecule has 0 aliphatic heterocycles. The van der Waals surface area contributed by atoms with Crippen LogP contribution in [0.5, 0.6) is 5.88 Å². The molecule has 0 spiro atoms. The van der Waals surface area contributed by atoms with Crippen LogP contribution in [0, 0.1) is 0 Å². The van der Waals surface area contributed by atoms with Gasteiger partial charge >= 0.3 is 0 Å². The second-order valence-corrected chi connectivity index (χ2v) is 4.65. The minimum atomic E-state index is 0.414. The highest BCUT2D eigenvalue weighted by Gasteiger charge is 2.13. The second kappa shape index (κ2) is 8.56. The third-order valence-electron chi connectivity index (χ3n) is 3.01. The molecule has 0 amide bonds. The minimum Gasteiger partial charge on any atom is -0.476 e. The van der Waals surface area contributed by atoms with Crippen molar-refractivity contribution >= 4 is 11.5 Å². The first-order valence-corrected chi connectivity index (χ1v) is 7.22. The van der Waals surface area contributed by atoms with Gasteiger partial charge in [-0.1, -0.05) is 33.1 Å². The number of nitrogens with one attached hydrogen (secondary N) is 1. The number of unbranched alkanes of at least 4 members (excludes halogenated alkanes) is 1. The normalized spacial score (nSPS) is 12.2. The molecule has 1 aromatic heterocycles. The van der Waals surface area contributed by atoms with Crippen LogP contribution in [-0.2, 0) is 0 Å². The van der Waals surface area contributed by atoms with Crippen LogP contribution in [-0.4, -0.2) is 22.6 Å². The number of aromatic nitrogens is 2. The second-order valence-electron chi connectivity index (χ2n) is 4.65. The average Bonchev–Trinajstić information content (AvgIpc) is 2.41. The molecule has 0 saturated carbocycles. The topological polar surface area (TPSA) is 73.1 Å². The molecule has 1 unspecified atom stereocenters. The maximum Gasteiger partial charge on any atom is 0.242 e. The van der Waals surface area contributed by atoms with E-state index in [4.69, 9.17) is 10.5 Å². The van der Waals surface area contributed by atoms with Crippen molar-refractivity contribution in [3.63, 3.8) is 0 Å². The molecule has 0 aliphatic carbocycles. The van der Waals surface area contributed by atoms with Gasteiger partial charge in [0.05, 0.1) is 6.61 Å². The van der Waals surface area contributed by atoms with Gasteiger partial charge in [-0.2, -0.15) is 4.98 Å². The lowest BCUT2D eigenvalue weighted by molar-refractivity contribution is 0.328. The van der Waals surface area contributed by atoms with E-state index in [0.717, 1.165) is 19.3 Å². The van der Waals surface area contributed by atoms with Gasteiger partial charge in [0.1, 0.15) is 12.0 Å². The molecule has 5 heteroatoms. The lowest BCUT2D eigenvalue weighted by Gasteiger charge is -2.20. The van der Waals surface area contributed by atoms with Crippen molar-refractivity contribution in [1.82, 2.24) is 9.97 Å². The van der Waals surface area contributed by atoms with Gasteiger partial charge < -0.3 is 15.8 Å². The number of hydrogen-bond acceptors (Lipinski definition) is 5. The van der Waals surface area contributed by atoms with E-state index in [-0.39, 0.29) is 0 Å². The van der Waals surface area contributed by atoms with Gasteiger partial charge in [-0.3, -0.25) is 0 Å². The van der Waals surface area contributed by atoms with E-state index in [1.54, 1.807) is 0 Å². The third-order valence-corrected chi connectivity index (χ3v) is 3.01. The summed E-state index contributed by atoms with van der Waals surface area (Å²) in [5.41, 5.74) is 6.53. The van der Waals surface area contributed by atoms with Crippen molar-refractivity contribution < 1.29 is 4.74 Å². The number of rotatable bonds is 9. The number of nitrogens with two attached hydrogens (primary N) is 1. The quantitative estimate of drug-likeness (QED) is 0.718. The molecule has 5 nitrogen and oxygen atoms in total. The predicted octanol–water partition coefficient (Wildman–Crippen LogP) is 3.23. The molecule has 0 fully saturated rings. The molecule has 1 heterocycles. The first-order chi connectivity index (χ1) is 9.22. The van der Waals surface area contributed by atoms with E-state index < -0.39 is 0 Å². The summed E-state index contributed by atoms with van der Waals surface area (Å²) in [7, 11) is 0. The summed E-state index contributed by atoms with van der Waals surface area (Å²) < 4.78 is 5.38. The number of nitrogen functional groups attached to an aromatic ring is 1. The molecule has 108 valence electrons. The van der Waals surface area contributed by atoms with Gasteiger partial charge in [-0.15, -0.1) is 0 Å². The Morgan fingerprint density at radius 2 is 2.00 bits per heavy atom. The van der Waals surface area contributed by atoms with Crippen LogP contribution < -0.4 is 15.8 Å². The van der Waals surface area contributed by atoms with Gasteiger partial charge in [-0.05, 0) is 19.8 Å². The van der Waals surface area contributed by atoms with Gasteiger partial charge in [0.15, 0.2) is 5.82 Å². The molecule has 0 saturated heterocycles. The lowest BCUT2D eigenvalue weighted by Crippen LogP contribution is -2.21. The Hall–Kier alpha value is -1.52. The Bertz CT molecular complexity index is 370. The van der Waals surface area contributed by atoms with Gasteiger partial charge in [-0.25, -0.2) is 4.98 Å². The molecule has 1 rings (SSSR count). The Balaban J connectivity index is 2.74. The molecule has 1 atom stereocenters. The number of nitrogens with zero attached hydrogens (tertiary/aromatic N) is 2. The molecule has 0 aromatic carbocycles. The molecule has 19 heavy (non-hydrogen) atoms. The summed E-state index contributed by atoms with van der Waals surface area (Å²) in [6.45, 7) is 6.86. The Kier molecular flexibility index (Phi) is 7.00. The number of anilines is 2. The van der Waals surface area contributed by atoms with Crippen molar-refractivity contribution in [2.75, 3.05) is 17.7 Å². The van der Waals surface area contributed by atoms with Crippen molar-refractivity contribution in [3.05, 3.63) is 6.33 Å². The van der Waals surface area contributed by atoms with E-state index in [1.165, 1.54) is 19.2 Å². The van der Waals surface area contributed by atoms with Crippen molar-refractivity contribution in [2.45, 2.75) is 58.9 Å². The Morgan fingerprint density at radius 1 is 1.21 bits per heavy atom. The fraction of sp³-hybridized carbons (Fsp3) is 0.714. The van der Waals surface area contributed by atoms with E-state index >= 15 is 0 Å². The summed E-state index contributed by atoms with van der Waals surface area (Å²) in [6, 6.07) is 0.414. The summed E-state index contributed by atoms with van der Waals surface area (Å²) in [5, 5.41) is 3.43. The summed E-state index contributed by atoms with van der Waals surface area (Å²) >= 11 is 0. The molecule has 3 N–H and O–H groups in total. The minimum absolute atomic E-state index is 0.414. The maximum absolute atomic E-state index is 6.03. The van der Waals surface area contributed by atoms with E-state index in [0.29, 0.717) is 30.0 Å². The van der Waals surface area contributed by atoms with E-state index in [2.05, 4.69) is 29.1 Å². The Morgan fingerprint density at radius 3 is 2.63 bits per heavy atom. The fourth-order valence-corrected chi connectivity index (χ4v) is 2.03.